The molecule has 0 unspecified atom stereocenters. The molecule has 0 saturated heterocycles. The highest BCUT2D eigenvalue weighted by molar-refractivity contribution is 6.05. The van der Waals surface area contributed by atoms with Gasteiger partial charge in [-0.2, -0.15) is 0 Å². The van der Waals surface area contributed by atoms with Gasteiger partial charge >= 0.3 is 0 Å². The zero-order valence-electron chi connectivity index (χ0n) is 27.6. The molecule has 5 aromatic rings. The molecule has 0 bridgehead atoms. The summed E-state index contributed by atoms with van der Waals surface area (Å²) in [6, 6.07) is 36.4. The first-order valence-electron chi connectivity index (χ1n) is 17.2. The Morgan fingerprint density at radius 2 is 1.09 bits per heavy atom. The Labute approximate surface area is 270 Å². The van der Waals surface area contributed by atoms with Crippen LogP contribution in [0.15, 0.2) is 97.1 Å². The summed E-state index contributed by atoms with van der Waals surface area (Å²) in [7, 11) is 0. The Hall–Kier alpha value is -4.04. The molecule has 0 aliphatic heterocycles. The van der Waals surface area contributed by atoms with Crippen LogP contribution in [0.25, 0.3) is 21.9 Å². The average Bonchev–Trinajstić information content (AvgIpc) is 3.05. The summed E-state index contributed by atoms with van der Waals surface area (Å²) < 4.78 is 12.4. The molecule has 1 aliphatic rings. The van der Waals surface area contributed by atoms with Crippen molar-refractivity contribution >= 4 is 10.8 Å². The molecule has 0 saturated carbocycles. The van der Waals surface area contributed by atoms with Crippen LogP contribution in [0.3, 0.4) is 0 Å². The summed E-state index contributed by atoms with van der Waals surface area (Å²) in [5.41, 5.74) is 9.82. The molecule has 0 amide bonds. The summed E-state index contributed by atoms with van der Waals surface area (Å²) in [6.45, 7) is 10.5. The molecule has 0 radical (unpaired) electrons. The highest BCUT2D eigenvalue weighted by Gasteiger charge is 2.44. The monoisotopic (exact) mass is 596 g/mol. The van der Waals surface area contributed by atoms with E-state index >= 15 is 0 Å². The van der Waals surface area contributed by atoms with Gasteiger partial charge in [-0.05, 0) is 95.1 Å². The predicted molar refractivity (Wildman–Crippen MR) is 190 cm³/mol. The first-order valence-corrected chi connectivity index (χ1v) is 17.2. The van der Waals surface area contributed by atoms with Crippen molar-refractivity contribution in [3.8, 4) is 22.6 Å². The van der Waals surface area contributed by atoms with E-state index in [9.17, 15) is 0 Å². The van der Waals surface area contributed by atoms with Crippen molar-refractivity contribution in [1.82, 2.24) is 0 Å². The maximum Gasteiger partial charge on any atom is 0.119 e. The lowest BCUT2D eigenvalue weighted by Gasteiger charge is -2.42. The van der Waals surface area contributed by atoms with Crippen molar-refractivity contribution in [2.75, 3.05) is 13.2 Å². The van der Waals surface area contributed by atoms with Gasteiger partial charge in [-0.15, -0.1) is 0 Å². The molecule has 232 valence electrons. The van der Waals surface area contributed by atoms with Crippen LogP contribution in [0.1, 0.15) is 98.6 Å². The molecule has 0 spiro atoms. The third-order valence-electron chi connectivity index (χ3n) is 9.50. The molecule has 5 aromatic carbocycles. The van der Waals surface area contributed by atoms with E-state index in [0.717, 1.165) is 37.6 Å². The van der Waals surface area contributed by atoms with Crippen LogP contribution in [-0.4, -0.2) is 13.2 Å². The number of unbranched alkanes of at least 4 members (excludes halogenated alkanes) is 6. The molecule has 0 fully saturated rings. The van der Waals surface area contributed by atoms with E-state index in [1.165, 1.54) is 93.8 Å². The molecule has 0 aromatic heterocycles. The minimum Gasteiger partial charge on any atom is -0.494 e. The molecule has 0 heterocycles. The molecule has 45 heavy (non-hydrogen) atoms. The predicted octanol–water partition coefficient (Wildman–Crippen LogP) is 11.7. The molecular formula is C43H48O2. The number of rotatable bonds is 14. The lowest BCUT2D eigenvalue weighted by atomic mass is 9.59. The van der Waals surface area contributed by atoms with Crippen molar-refractivity contribution < 1.29 is 9.47 Å². The minimum absolute atomic E-state index is 0.501. The van der Waals surface area contributed by atoms with Crippen LogP contribution in [0.2, 0.25) is 0 Å². The normalized spacial score (nSPS) is 13.1. The second kappa shape index (κ2) is 13.9. The highest BCUT2D eigenvalue weighted by Crippen LogP contribution is 2.56. The largest absolute Gasteiger partial charge is 0.494 e. The smallest absolute Gasteiger partial charge is 0.119 e. The third kappa shape index (κ3) is 6.12. The van der Waals surface area contributed by atoms with Gasteiger partial charge in [-0.1, -0.05) is 136 Å². The maximum absolute atomic E-state index is 6.22. The Morgan fingerprint density at radius 1 is 0.511 bits per heavy atom. The van der Waals surface area contributed by atoms with Crippen LogP contribution >= 0.6 is 0 Å². The van der Waals surface area contributed by atoms with Gasteiger partial charge in [0.25, 0.3) is 0 Å². The van der Waals surface area contributed by atoms with Gasteiger partial charge in [-0.3, -0.25) is 0 Å². The van der Waals surface area contributed by atoms with Crippen LogP contribution in [0.4, 0.5) is 0 Å². The number of aryl methyl sites for hydroxylation is 2. The minimum atomic E-state index is -0.501. The summed E-state index contributed by atoms with van der Waals surface area (Å²) in [4.78, 5) is 0. The molecule has 0 N–H and O–H groups in total. The summed E-state index contributed by atoms with van der Waals surface area (Å²) in [5.74, 6) is 1.87. The zero-order chi connectivity index (χ0) is 31.2. The zero-order valence-corrected chi connectivity index (χ0v) is 27.6. The average molecular weight is 597 g/mol. The Kier molecular flexibility index (Phi) is 9.59. The highest BCUT2D eigenvalue weighted by atomic mass is 16.5. The van der Waals surface area contributed by atoms with Gasteiger partial charge in [0.2, 0.25) is 0 Å². The lowest BCUT2D eigenvalue weighted by molar-refractivity contribution is 0.305. The fraction of sp³-hybridized carbons (Fsp3) is 0.349. The topological polar surface area (TPSA) is 18.5 Å². The van der Waals surface area contributed by atoms with Crippen LogP contribution < -0.4 is 9.47 Å². The standard InChI is InChI=1S/C43H48O2/c1-5-7-9-11-26-44-36-21-17-34(18-22-36)43(35-19-23-37(24-20-35)45-27-12-10-8-6-2)40-29-31(3)16-25-38(40)39-15-13-14-33-28-32(4)30-41(43)42(33)39/h13-25,28-30H,5-12,26-27H2,1-4H3. The van der Waals surface area contributed by atoms with E-state index < -0.39 is 5.41 Å². The van der Waals surface area contributed by atoms with Gasteiger partial charge < -0.3 is 9.47 Å². The molecule has 2 nitrogen and oxygen atoms in total. The third-order valence-corrected chi connectivity index (χ3v) is 9.50. The first-order chi connectivity index (χ1) is 22.1. The van der Waals surface area contributed by atoms with Crippen molar-refractivity contribution in [1.29, 1.82) is 0 Å². The Balaban J connectivity index is 1.50. The Bertz CT molecular complexity index is 1670. The SMILES string of the molecule is CCCCCCOc1ccc(C2(c3ccc(OCCCCCC)cc3)c3cc(C)ccc3-c3cccc4cc(C)cc2c34)cc1. The number of fused-ring (bicyclic) bond motifs is 2. The number of hydrogen-bond donors (Lipinski definition) is 0. The number of benzene rings is 5. The van der Waals surface area contributed by atoms with Crippen molar-refractivity contribution in [3.05, 3.63) is 130 Å². The molecule has 2 heteroatoms. The number of hydrogen-bond acceptors (Lipinski definition) is 2. The van der Waals surface area contributed by atoms with E-state index in [1.54, 1.807) is 0 Å². The van der Waals surface area contributed by atoms with E-state index in [-0.39, 0.29) is 0 Å². The van der Waals surface area contributed by atoms with Gasteiger partial charge in [0, 0.05) is 0 Å². The quantitative estimate of drug-likeness (QED) is 0.116. The maximum atomic E-state index is 6.22. The molecule has 0 atom stereocenters. The lowest BCUT2D eigenvalue weighted by Crippen LogP contribution is -2.34. The van der Waals surface area contributed by atoms with Crippen molar-refractivity contribution in [2.45, 2.75) is 84.5 Å². The van der Waals surface area contributed by atoms with Crippen LogP contribution in [0.5, 0.6) is 11.5 Å². The van der Waals surface area contributed by atoms with Crippen LogP contribution in [-0.2, 0) is 5.41 Å². The van der Waals surface area contributed by atoms with Crippen molar-refractivity contribution in [2.24, 2.45) is 0 Å². The molecular weight excluding hydrogens is 548 g/mol. The molecule has 6 rings (SSSR count). The summed E-state index contributed by atoms with van der Waals surface area (Å²) >= 11 is 0. The van der Waals surface area contributed by atoms with Gasteiger partial charge in [0.05, 0.1) is 18.6 Å². The van der Waals surface area contributed by atoms with Crippen LogP contribution in [0, 0.1) is 13.8 Å². The van der Waals surface area contributed by atoms with Gasteiger partial charge in [-0.25, -0.2) is 0 Å². The fourth-order valence-corrected chi connectivity index (χ4v) is 7.28. The number of ether oxygens (including phenoxy) is 2. The second-order valence-electron chi connectivity index (χ2n) is 12.9. The van der Waals surface area contributed by atoms with Crippen molar-refractivity contribution in [3.63, 3.8) is 0 Å². The van der Waals surface area contributed by atoms with E-state index in [1.807, 2.05) is 0 Å². The van der Waals surface area contributed by atoms with E-state index in [4.69, 9.17) is 9.47 Å². The molecule has 1 aliphatic carbocycles. The second-order valence-corrected chi connectivity index (χ2v) is 12.9. The summed E-state index contributed by atoms with van der Waals surface area (Å²) in [5, 5.41) is 2.63. The van der Waals surface area contributed by atoms with E-state index in [2.05, 4.69) is 125 Å². The first kappa shape index (κ1) is 31.0. The van der Waals surface area contributed by atoms with E-state index in [0.29, 0.717) is 0 Å². The van der Waals surface area contributed by atoms with Gasteiger partial charge in [0.1, 0.15) is 11.5 Å². The fourth-order valence-electron chi connectivity index (χ4n) is 7.28. The Morgan fingerprint density at radius 3 is 1.67 bits per heavy atom. The van der Waals surface area contributed by atoms with Gasteiger partial charge in [0.15, 0.2) is 0 Å². The summed E-state index contributed by atoms with van der Waals surface area (Å²) in [6.07, 6.45) is 9.62.